The fraction of sp³-hybridized carbons (Fsp3) is 1.00. The third-order valence-electron chi connectivity index (χ3n) is 0.283. The first-order chi connectivity index (χ1) is 10.2. The van der Waals surface area contributed by atoms with Gasteiger partial charge in [-0.2, -0.15) is 13.2 Å². The van der Waals surface area contributed by atoms with Crippen molar-refractivity contribution < 1.29 is 72.5 Å². The number of hydrogen-bond donors (Lipinski definition) is 0. The summed E-state index contributed by atoms with van der Waals surface area (Å²) in [6.07, 6.45) is 13.1. The van der Waals surface area contributed by atoms with Crippen LogP contribution in [-0.2, 0) is 82.8 Å². The molecule has 0 unspecified atom stereocenters. The molecule has 0 spiro atoms. The van der Waals surface area contributed by atoms with Crippen molar-refractivity contribution in [2.24, 2.45) is 0 Å². The van der Waals surface area contributed by atoms with E-state index in [-0.39, 0.29) is 29.5 Å². The predicted molar refractivity (Wildman–Crippen MR) is 97.1 cm³/mol. The van der Waals surface area contributed by atoms with Gasteiger partial charge in [-0.05, 0) is 0 Å². The van der Waals surface area contributed by atoms with Crippen molar-refractivity contribution in [3.05, 3.63) is 0 Å². The molecule has 0 saturated carbocycles. The summed E-state index contributed by atoms with van der Waals surface area (Å²) in [7, 11) is -8.53. The first kappa shape index (κ1) is 50.9. The van der Waals surface area contributed by atoms with Crippen molar-refractivity contribution in [3.8, 4) is 0 Å². The van der Waals surface area contributed by atoms with Crippen LogP contribution in [0.3, 0.4) is 0 Å². The predicted octanol–water partition coefficient (Wildman–Crippen LogP) is -0.210. The molecule has 0 heterocycles. The summed E-state index contributed by atoms with van der Waals surface area (Å²) in [5.74, 6) is 0. The Balaban J connectivity index is -0.0000000282. The van der Waals surface area contributed by atoms with E-state index in [0.29, 0.717) is 0 Å². The van der Waals surface area contributed by atoms with Crippen molar-refractivity contribution in [1.29, 1.82) is 0 Å². The van der Waals surface area contributed by atoms with Crippen LogP contribution in [0.1, 0.15) is 0 Å². The molecule has 0 saturated heterocycles. The van der Waals surface area contributed by atoms with E-state index >= 15 is 0 Å². The minimum Gasteiger partial charge on any atom is -2.00 e. The fourth-order valence-corrected chi connectivity index (χ4v) is 0. The van der Waals surface area contributed by atoms with Crippen molar-refractivity contribution in [3.63, 3.8) is 0 Å². The third kappa shape index (κ3) is 172. The van der Waals surface area contributed by atoms with Crippen LogP contribution < -0.4 is 0 Å². The largest absolute Gasteiger partial charge is 2.00 e. The molecule has 0 bridgehead atoms. The van der Waals surface area contributed by atoms with E-state index in [2.05, 4.69) is 0 Å². The van der Waals surface area contributed by atoms with Gasteiger partial charge >= 0.3 is 5.51 Å². The van der Waals surface area contributed by atoms with E-state index in [1.807, 2.05) is 0 Å². The standard InChI is InChI=1S/4C2H6OS.CHF3O3S.2O.V/c4*1-4(2)3;2-1(3,4)8(5,6)7;;;/h4*1-2H3;(H,5,6,7);;;/q;;;;;2*-2;/p-1. The van der Waals surface area contributed by atoms with E-state index in [4.69, 9.17) is 13.0 Å². The molecule has 0 N–H and O–H groups in total. The van der Waals surface area contributed by atoms with Gasteiger partial charge in [-0.3, -0.25) is 16.8 Å². The molecule has 9 nitrogen and oxygen atoms in total. The first-order valence-electron chi connectivity index (χ1n) is 5.20. The van der Waals surface area contributed by atoms with E-state index in [0.717, 1.165) is 0 Å². The number of hydrogen-bond acceptors (Lipinski definition) is 7. The van der Waals surface area contributed by atoms with Gasteiger partial charge in [-0.1, -0.05) is 0 Å². The molecular weight excluding hydrogens is 520 g/mol. The summed E-state index contributed by atoms with van der Waals surface area (Å²) >= 11 is 0. The van der Waals surface area contributed by atoms with Crippen LogP contribution in [0.5, 0.6) is 0 Å². The summed E-state index contributed by atoms with van der Waals surface area (Å²) in [6.45, 7) is 0. The van der Waals surface area contributed by atoms with Gasteiger partial charge in [0.05, 0.1) is 0 Å². The molecule has 0 fully saturated rings. The topological polar surface area (TPSA) is 182 Å². The molecule has 27 heavy (non-hydrogen) atoms. The SMILES string of the molecule is CS(C)=O.CS(C)=O.CS(C)=O.CS(C)=O.O=S(=O)([O-])C(F)(F)F.[O-2].[O-2].[V]. The number of halogens is 3. The van der Waals surface area contributed by atoms with Crippen LogP contribution in [0.15, 0.2) is 0 Å². The van der Waals surface area contributed by atoms with Crippen LogP contribution in [0.25, 0.3) is 0 Å². The maximum atomic E-state index is 10.7. The monoisotopic (exact) mass is 544 g/mol. The zero-order valence-corrected chi connectivity index (χ0v) is 21.3. The summed E-state index contributed by atoms with van der Waals surface area (Å²) < 4.78 is 97.1. The van der Waals surface area contributed by atoms with Crippen LogP contribution in [0.2, 0.25) is 0 Å². The van der Waals surface area contributed by atoms with Crippen molar-refractivity contribution >= 4 is 53.3 Å². The maximum Gasteiger partial charge on any atom is 0.485 e. The third-order valence-corrected chi connectivity index (χ3v) is 0.850. The van der Waals surface area contributed by atoms with Crippen molar-refractivity contribution in [1.82, 2.24) is 0 Å². The molecule has 0 rings (SSSR count). The summed E-state index contributed by atoms with van der Waals surface area (Å²) in [5, 5.41) is 0. The Bertz CT molecular complexity index is 434. The molecule has 0 aromatic carbocycles. The Labute approximate surface area is 180 Å². The van der Waals surface area contributed by atoms with Gasteiger partial charge in [0.2, 0.25) is 0 Å². The average molecular weight is 545 g/mol. The Kier molecular flexibility index (Phi) is 54.7. The molecular formula is C9H24F3O9S5V-5. The van der Waals surface area contributed by atoms with Crippen molar-refractivity contribution in [2.75, 3.05) is 50.0 Å². The quantitative estimate of drug-likeness (QED) is 0.298. The normalized spacial score (nSPS) is 9.33. The molecule has 0 aliphatic carbocycles. The smallest absolute Gasteiger partial charge is 0.485 e. The molecule has 0 aromatic rings. The molecule has 0 aliphatic rings. The van der Waals surface area contributed by atoms with Gasteiger partial charge in [0.1, 0.15) is 0 Å². The fourth-order valence-electron chi connectivity index (χ4n) is 0. The first-order valence-corrected chi connectivity index (χ1v) is 14.5. The molecule has 175 valence electrons. The second-order valence-corrected chi connectivity index (χ2v) is 11.2. The number of alkyl halides is 3. The Hall–Kier alpha value is 0.804. The van der Waals surface area contributed by atoms with Gasteiger partial charge in [0.15, 0.2) is 10.1 Å². The van der Waals surface area contributed by atoms with E-state index < -0.39 is 58.8 Å². The van der Waals surface area contributed by atoms with E-state index in [1.165, 1.54) is 0 Å². The zero-order valence-electron chi connectivity index (χ0n) is 15.8. The molecule has 0 aliphatic heterocycles. The summed E-state index contributed by atoms with van der Waals surface area (Å²) in [5.41, 5.74) is -5.65. The summed E-state index contributed by atoms with van der Waals surface area (Å²) in [4.78, 5) is 0. The van der Waals surface area contributed by atoms with Crippen LogP contribution in [-0.4, -0.2) is 85.4 Å². The van der Waals surface area contributed by atoms with Crippen LogP contribution in [0, 0.1) is 0 Å². The van der Waals surface area contributed by atoms with Gasteiger partial charge in [-0.15, -0.1) is 0 Å². The van der Waals surface area contributed by atoms with Gasteiger partial charge < -0.3 is 15.5 Å². The van der Waals surface area contributed by atoms with Gasteiger partial charge in [-0.25, -0.2) is 8.42 Å². The van der Waals surface area contributed by atoms with E-state index in [9.17, 15) is 30.0 Å². The molecule has 1 radical (unpaired) electrons. The summed E-state index contributed by atoms with van der Waals surface area (Å²) in [6, 6.07) is 0. The minimum absolute atomic E-state index is 0. The Morgan fingerprint density at radius 3 is 0.667 bits per heavy atom. The molecule has 0 amide bonds. The second kappa shape index (κ2) is 29.0. The zero-order chi connectivity index (χ0) is 21.3. The molecule has 0 aromatic heterocycles. The van der Waals surface area contributed by atoms with E-state index in [1.54, 1.807) is 50.0 Å². The van der Waals surface area contributed by atoms with Crippen LogP contribution >= 0.6 is 0 Å². The van der Waals surface area contributed by atoms with Gasteiger partial charge in [0, 0.05) is 112 Å². The van der Waals surface area contributed by atoms with Crippen molar-refractivity contribution in [2.45, 2.75) is 5.51 Å². The maximum absolute atomic E-state index is 10.7. The Morgan fingerprint density at radius 1 is 0.630 bits per heavy atom. The molecule has 18 heteroatoms. The van der Waals surface area contributed by atoms with Crippen LogP contribution in [0.4, 0.5) is 13.2 Å². The second-order valence-electron chi connectivity index (χ2n) is 3.87. The Morgan fingerprint density at radius 2 is 0.667 bits per heavy atom. The number of rotatable bonds is 0. The minimum atomic E-state index is -6.09. The molecule has 0 atom stereocenters. The van der Waals surface area contributed by atoms with Gasteiger partial charge in [0.25, 0.3) is 0 Å². The average Bonchev–Trinajstić information content (AvgIpc) is 2.08.